The number of rotatable bonds is 0. The zero-order chi connectivity index (χ0) is 9.54. The number of pyridine rings is 1. The highest BCUT2D eigenvalue weighted by atomic mass is 35.5. The van der Waals surface area contributed by atoms with Crippen molar-refractivity contribution in [1.29, 1.82) is 0 Å². The van der Waals surface area contributed by atoms with Crippen molar-refractivity contribution in [2.75, 3.05) is 0 Å². The molecule has 76 valence electrons. The lowest BCUT2D eigenvalue weighted by molar-refractivity contribution is 1.32. The van der Waals surface area contributed by atoms with Crippen LogP contribution < -0.4 is 0 Å². The third kappa shape index (κ3) is 1.58. The Morgan fingerprint density at radius 1 is 1.13 bits per heavy atom. The predicted octanol–water partition coefficient (Wildman–Crippen LogP) is 3.57. The normalized spacial score (nSPS) is 10.5. The summed E-state index contributed by atoms with van der Waals surface area (Å²) in [5.74, 6) is 0. The van der Waals surface area contributed by atoms with Gasteiger partial charge < -0.3 is 0 Å². The fourth-order valence-corrected chi connectivity index (χ4v) is 2.56. The minimum atomic E-state index is 0. The lowest BCUT2D eigenvalue weighted by Gasteiger charge is -1.95. The topological polar surface area (TPSA) is 25.8 Å². The van der Waals surface area contributed by atoms with E-state index in [0.29, 0.717) is 0 Å². The van der Waals surface area contributed by atoms with E-state index in [9.17, 15) is 0 Å². The Labute approximate surface area is 97.4 Å². The van der Waals surface area contributed by atoms with Gasteiger partial charge in [0.05, 0.1) is 21.4 Å². The lowest BCUT2D eigenvalue weighted by Crippen LogP contribution is -1.78. The summed E-state index contributed by atoms with van der Waals surface area (Å²) >= 11 is 1.73. The molecule has 2 nitrogen and oxygen atoms in total. The van der Waals surface area contributed by atoms with Crippen LogP contribution >= 0.6 is 23.7 Å². The Bertz CT molecular complexity index is 618. The Kier molecular flexibility index (Phi) is 2.59. The summed E-state index contributed by atoms with van der Waals surface area (Å²) in [5.41, 5.74) is 2.05. The van der Waals surface area contributed by atoms with Gasteiger partial charge in [0.1, 0.15) is 5.52 Å². The third-order valence-corrected chi connectivity index (χ3v) is 3.25. The fourth-order valence-electron chi connectivity index (χ4n) is 1.63. The quantitative estimate of drug-likeness (QED) is 0.596. The van der Waals surface area contributed by atoms with Crippen LogP contribution in [0.2, 0.25) is 0 Å². The second-order valence-electron chi connectivity index (χ2n) is 3.22. The molecule has 0 aliphatic heterocycles. The minimum absolute atomic E-state index is 0. The van der Waals surface area contributed by atoms with Crippen LogP contribution in [0.25, 0.3) is 21.1 Å². The number of halogens is 1. The molecule has 2 heterocycles. The molecule has 0 aliphatic rings. The first-order valence-electron chi connectivity index (χ1n) is 4.45. The highest BCUT2D eigenvalue weighted by Crippen LogP contribution is 2.27. The van der Waals surface area contributed by atoms with E-state index < -0.39 is 0 Å². The third-order valence-electron chi connectivity index (χ3n) is 2.23. The maximum Gasteiger partial charge on any atom is 0.100 e. The SMILES string of the molecule is Cc1nc2cnc3ccccc3c2s1.Cl. The van der Waals surface area contributed by atoms with Crippen LogP contribution in [0.5, 0.6) is 0 Å². The van der Waals surface area contributed by atoms with Crippen LogP contribution in [-0.4, -0.2) is 9.97 Å². The van der Waals surface area contributed by atoms with Gasteiger partial charge in [0.25, 0.3) is 0 Å². The Hall–Kier alpha value is -1.19. The number of hydrogen-bond acceptors (Lipinski definition) is 3. The second-order valence-corrected chi connectivity index (χ2v) is 4.43. The number of nitrogens with zero attached hydrogens (tertiary/aromatic N) is 2. The van der Waals surface area contributed by atoms with E-state index in [0.717, 1.165) is 16.0 Å². The molecule has 3 aromatic rings. The van der Waals surface area contributed by atoms with Gasteiger partial charge in [0, 0.05) is 5.39 Å². The van der Waals surface area contributed by atoms with Crippen molar-refractivity contribution >= 4 is 44.9 Å². The van der Waals surface area contributed by atoms with E-state index >= 15 is 0 Å². The van der Waals surface area contributed by atoms with Crippen molar-refractivity contribution < 1.29 is 0 Å². The summed E-state index contributed by atoms with van der Waals surface area (Å²) in [5, 5.41) is 2.30. The highest BCUT2D eigenvalue weighted by Gasteiger charge is 2.04. The summed E-state index contributed by atoms with van der Waals surface area (Å²) < 4.78 is 1.24. The first kappa shape index (κ1) is 10.3. The molecule has 0 bridgehead atoms. The zero-order valence-electron chi connectivity index (χ0n) is 8.10. The minimum Gasteiger partial charge on any atom is -0.254 e. The predicted molar refractivity (Wildman–Crippen MR) is 66.9 cm³/mol. The van der Waals surface area contributed by atoms with Gasteiger partial charge in [-0.05, 0) is 13.0 Å². The molecule has 0 saturated carbocycles. The van der Waals surface area contributed by atoms with Gasteiger partial charge in [-0.2, -0.15) is 0 Å². The second kappa shape index (κ2) is 3.76. The van der Waals surface area contributed by atoms with Gasteiger partial charge >= 0.3 is 0 Å². The molecule has 0 spiro atoms. The molecule has 0 amide bonds. The smallest absolute Gasteiger partial charge is 0.100 e. The number of aryl methyl sites for hydroxylation is 1. The molecule has 1 aromatic carbocycles. The summed E-state index contributed by atoms with van der Waals surface area (Å²) in [6, 6.07) is 8.18. The largest absolute Gasteiger partial charge is 0.254 e. The highest BCUT2D eigenvalue weighted by molar-refractivity contribution is 7.19. The van der Waals surface area contributed by atoms with Gasteiger partial charge in [-0.3, -0.25) is 4.98 Å². The zero-order valence-corrected chi connectivity index (χ0v) is 9.73. The molecular weight excluding hydrogens is 228 g/mol. The molecule has 0 atom stereocenters. The maximum atomic E-state index is 4.42. The van der Waals surface area contributed by atoms with E-state index in [-0.39, 0.29) is 12.4 Å². The van der Waals surface area contributed by atoms with Gasteiger partial charge in [0.2, 0.25) is 0 Å². The molecule has 15 heavy (non-hydrogen) atoms. The number of para-hydroxylation sites is 1. The summed E-state index contributed by atoms with van der Waals surface area (Å²) in [4.78, 5) is 8.79. The molecule has 4 heteroatoms. The maximum absolute atomic E-state index is 4.42. The Balaban J connectivity index is 0.000000853. The first-order chi connectivity index (χ1) is 6.84. The van der Waals surface area contributed by atoms with Crippen LogP contribution in [0, 0.1) is 6.92 Å². The van der Waals surface area contributed by atoms with E-state index in [4.69, 9.17) is 0 Å². The van der Waals surface area contributed by atoms with Crippen molar-refractivity contribution in [3.63, 3.8) is 0 Å². The molecule has 0 radical (unpaired) electrons. The first-order valence-corrected chi connectivity index (χ1v) is 5.27. The summed E-state index contributed by atoms with van der Waals surface area (Å²) in [6.45, 7) is 2.03. The fraction of sp³-hybridized carbons (Fsp3) is 0.0909. The van der Waals surface area contributed by atoms with E-state index in [1.54, 1.807) is 11.3 Å². The van der Waals surface area contributed by atoms with Crippen molar-refractivity contribution in [1.82, 2.24) is 9.97 Å². The van der Waals surface area contributed by atoms with Crippen LogP contribution in [0.3, 0.4) is 0 Å². The molecule has 0 aliphatic carbocycles. The van der Waals surface area contributed by atoms with Crippen LogP contribution in [-0.2, 0) is 0 Å². The Morgan fingerprint density at radius 3 is 2.80 bits per heavy atom. The van der Waals surface area contributed by atoms with Crippen molar-refractivity contribution in [2.45, 2.75) is 6.92 Å². The molecule has 0 N–H and O–H groups in total. The van der Waals surface area contributed by atoms with Crippen molar-refractivity contribution in [3.8, 4) is 0 Å². The molecule has 2 aromatic heterocycles. The van der Waals surface area contributed by atoms with E-state index in [2.05, 4.69) is 16.0 Å². The molecule has 0 unspecified atom stereocenters. The van der Waals surface area contributed by atoms with Gasteiger partial charge in [-0.15, -0.1) is 23.7 Å². The number of thiazole rings is 1. The van der Waals surface area contributed by atoms with E-state index in [1.165, 1.54) is 10.1 Å². The number of benzene rings is 1. The van der Waals surface area contributed by atoms with Crippen LogP contribution in [0.15, 0.2) is 30.5 Å². The molecule has 3 rings (SSSR count). The molecular formula is C11H9ClN2S. The van der Waals surface area contributed by atoms with Crippen LogP contribution in [0.4, 0.5) is 0 Å². The van der Waals surface area contributed by atoms with Crippen LogP contribution in [0.1, 0.15) is 5.01 Å². The van der Waals surface area contributed by atoms with Crippen molar-refractivity contribution in [2.24, 2.45) is 0 Å². The standard InChI is InChI=1S/C11H8N2S.ClH/c1-7-13-10-6-12-9-5-3-2-4-8(9)11(10)14-7;/h2-6H,1H3;1H. The molecule has 0 saturated heterocycles. The average molecular weight is 237 g/mol. The van der Waals surface area contributed by atoms with Gasteiger partial charge in [0.15, 0.2) is 0 Å². The number of fused-ring (bicyclic) bond motifs is 3. The Morgan fingerprint density at radius 2 is 1.93 bits per heavy atom. The van der Waals surface area contributed by atoms with Gasteiger partial charge in [-0.1, -0.05) is 18.2 Å². The lowest BCUT2D eigenvalue weighted by atomic mass is 10.2. The molecule has 0 fully saturated rings. The number of aromatic nitrogens is 2. The van der Waals surface area contributed by atoms with Crippen molar-refractivity contribution in [3.05, 3.63) is 35.5 Å². The van der Waals surface area contributed by atoms with E-state index in [1.807, 2.05) is 31.3 Å². The summed E-state index contributed by atoms with van der Waals surface area (Å²) in [7, 11) is 0. The number of hydrogen-bond donors (Lipinski definition) is 0. The summed E-state index contributed by atoms with van der Waals surface area (Å²) in [6.07, 6.45) is 1.85. The average Bonchev–Trinajstić information content (AvgIpc) is 2.59. The van der Waals surface area contributed by atoms with Gasteiger partial charge in [-0.25, -0.2) is 4.98 Å². The monoisotopic (exact) mass is 236 g/mol.